The van der Waals surface area contributed by atoms with E-state index in [1.54, 1.807) is 0 Å². The minimum Gasteiger partial charge on any atom is -0.342 e. The van der Waals surface area contributed by atoms with Gasteiger partial charge in [0.25, 0.3) is 5.91 Å². The Morgan fingerprint density at radius 1 is 0.781 bits per heavy atom. The van der Waals surface area contributed by atoms with E-state index in [1.807, 2.05) is 97.1 Å². The lowest BCUT2D eigenvalue weighted by Gasteiger charge is -2.18. The quantitative estimate of drug-likeness (QED) is 0.359. The van der Waals surface area contributed by atoms with Gasteiger partial charge in [0.1, 0.15) is 5.82 Å². The predicted octanol–water partition coefficient (Wildman–Crippen LogP) is 5.94. The van der Waals surface area contributed by atoms with Crippen LogP contribution >= 0.6 is 0 Å². The van der Waals surface area contributed by atoms with Crippen molar-refractivity contribution in [1.82, 2.24) is 15.3 Å². The summed E-state index contributed by atoms with van der Waals surface area (Å²) in [6.45, 7) is 0. The number of nitrogens with one attached hydrogen (secondary N) is 2. The zero-order chi connectivity index (χ0) is 21.8. The molecule has 0 bridgehead atoms. The van der Waals surface area contributed by atoms with Gasteiger partial charge in [0, 0.05) is 5.56 Å². The van der Waals surface area contributed by atoms with Gasteiger partial charge in [-0.15, -0.1) is 0 Å². The molecule has 4 nitrogen and oxygen atoms in total. The number of hydrogen-bond donors (Lipinski definition) is 2. The predicted molar refractivity (Wildman–Crippen MR) is 128 cm³/mol. The summed E-state index contributed by atoms with van der Waals surface area (Å²) in [6.07, 6.45) is 0.639. The molecule has 156 valence electrons. The lowest BCUT2D eigenvalue weighted by Crippen LogP contribution is -2.31. The molecule has 0 radical (unpaired) electrons. The SMILES string of the molecule is O=C(NC(Cc1ccccc1)c1nc2ccccc2[nH]1)c1ccccc1-c1ccccc1. The Kier molecular flexibility index (Phi) is 5.50. The third-order valence-electron chi connectivity index (χ3n) is 5.58. The highest BCUT2D eigenvalue weighted by molar-refractivity contribution is 6.01. The fraction of sp³-hybridized carbons (Fsp3) is 0.0714. The van der Waals surface area contributed by atoms with Crippen LogP contribution in [0.3, 0.4) is 0 Å². The molecule has 1 amide bonds. The zero-order valence-electron chi connectivity index (χ0n) is 17.5. The van der Waals surface area contributed by atoms with E-state index in [-0.39, 0.29) is 11.9 Å². The first-order valence-electron chi connectivity index (χ1n) is 10.7. The molecular weight excluding hydrogens is 394 g/mol. The van der Waals surface area contributed by atoms with Gasteiger partial charge in [-0.2, -0.15) is 0 Å². The maximum atomic E-state index is 13.5. The number of carbonyl (C=O) groups excluding carboxylic acids is 1. The second-order valence-corrected chi connectivity index (χ2v) is 7.77. The van der Waals surface area contributed by atoms with Crippen LogP contribution in [0.15, 0.2) is 109 Å². The molecule has 2 N–H and O–H groups in total. The van der Waals surface area contributed by atoms with E-state index >= 15 is 0 Å². The van der Waals surface area contributed by atoms with Crippen LogP contribution in [-0.2, 0) is 6.42 Å². The average molecular weight is 418 g/mol. The highest BCUT2D eigenvalue weighted by Gasteiger charge is 2.21. The Bertz CT molecular complexity index is 1310. The molecule has 1 aromatic heterocycles. The molecule has 4 heteroatoms. The molecule has 0 spiro atoms. The lowest BCUT2D eigenvalue weighted by atomic mass is 9.98. The molecule has 1 heterocycles. The van der Waals surface area contributed by atoms with Gasteiger partial charge < -0.3 is 10.3 Å². The minimum absolute atomic E-state index is 0.120. The fourth-order valence-electron chi connectivity index (χ4n) is 3.99. The number of nitrogens with zero attached hydrogens (tertiary/aromatic N) is 1. The summed E-state index contributed by atoms with van der Waals surface area (Å²) in [4.78, 5) is 21.6. The van der Waals surface area contributed by atoms with Crippen LogP contribution in [0.25, 0.3) is 22.2 Å². The number of aromatic amines is 1. The van der Waals surface area contributed by atoms with Crippen molar-refractivity contribution in [2.75, 3.05) is 0 Å². The van der Waals surface area contributed by atoms with Gasteiger partial charge in [0.05, 0.1) is 17.1 Å². The third kappa shape index (κ3) is 4.16. The van der Waals surface area contributed by atoms with Crippen LogP contribution < -0.4 is 5.32 Å². The average Bonchev–Trinajstić information content (AvgIpc) is 3.29. The van der Waals surface area contributed by atoms with Gasteiger partial charge >= 0.3 is 0 Å². The Hall–Kier alpha value is -4.18. The molecule has 0 saturated carbocycles. The van der Waals surface area contributed by atoms with Crippen molar-refractivity contribution in [1.29, 1.82) is 0 Å². The Morgan fingerprint density at radius 3 is 2.22 bits per heavy atom. The Morgan fingerprint density at radius 2 is 1.44 bits per heavy atom. The number of aromatic nitrogens is 2. The number of carbonyl (C=O) groups is 1. The first-order chi connectivity index (χ1) is 15.8. The first kappa shape index (κ1) is 19.8. The lowest BCUT2D eigenvalue weighted by molar-refractivity contribution is 0.0935. The fourth-order valence-corrected chi connectivity index (χ4v) is 3.99. The van der Waals surface area contributed by atoms with Crippen molar-refractivity contribution in [3.05, 3.63) is 126 Å². The van der Waals surface area contributed by atoms with Crippen LogP contribution in [0.2, 0.25) is 0 Å². The monoisotopic (exact) mass is 417 g/mol. The van der Waals surface area contributed by atoms with Gasteiger partial charge in [-0.05, 0) is 41.3 Å². The molecule has 4 aromatic carbocycles. The Labute approximate surface area is 187 Å². The van der Waals surface area contributed by atoms with Gasteiger partial charge in [-0.1, -0.05) is 91.0 Å². The summed E-state index contributed by atoms with van der Waals surface area (Å²) in [7, 11) is 0. The highest BCUT2D eigenvalue weighted by Crippen LogP contribution is 2.25. The van der Waals surface area contributed by atoms with E-state index in [1.165, 1.54) is 0 Å². The second-order valence-electron chi connectivity index (χ2n) is 7.77. The molecule has 0 fully saturated rings. The number of imidazole rings is 1. The largest absolute Gasteiger partial charge is 0.342 e. The molecule has 5 aromatic rings. The smallest absolute Gasteiger partial charge is 0.252 e. The van der Waals surface area contributed by atoms with Crippen molar-refractivity contribution in [2.45, 2.75) is 12.5 Å². The van der Waals surface area contributed by atoms with Crippen molar-refractivity contribution >= 4 is 16.9 Å². The van der Waals surface area contributed by atoms with E-state index in [0.29, 0.717) is 12.0 Å². The normalized spacial score (nSPS) is 11.9. The van der Waals surface area contributed by atoms with Gasteiger partial charge in [0.15, 0.2) is 0 Å². The molecule has 0 aliphatic heterocycles. The van der Waals surface area contributed by atoms with Crippen molar-refractivity contribution in [3.63, 3.8) is 0 Å². The van der Waals surface area contributed by atoms with Crippen LogP contribution in [0.5, 0.6) is 0 Å². The number of hydrogen-bond acceptors (Lipinski definition) is 2. The topological polar surface area (TPSA) is 57.8 Å². The standard InChI is InChI=1S/C28H23N3O/c32-28(23-16-8-7-15-22(23)21-13-5-2-6-14-21)31-26(19-20-11-3-1-4-12-20)27-29-24-17-9-10-18-25(24)30-27/h1-18,26H,19H2,(H,29,30)(H,31,32). The summed E-state index contributed by atoms with van der Waals surface area (Å²) < 4.78 is 0. The maximum Gasteiger partial charge on any atom is 0.252 e. The van der Waals surface area contributed by atoms with Crippen molar-refractivity contribution < 1.29 is 4.79 Å². The third-order valence-corrected chi connectivity index (χ3v) is 5.58. The van der Waals surface area contributed by atoms with Crippen LogP contribution in [0, 0.1) is 0 Å². The Balaban J connectivity index is 1.50. The van der Waals surface area contributed by atoms with E-state index in [4.69, 9.17) is 4.98 Å². The molecule has 0 aliphatic carbocycles. The van der Waals surface area contributed by atoms with E-state index in [0.717, 1.165) is 33.5 Å². The number of rotatable bonds is 6. The summed E-state index contributed by atoms with van der Waals surface area (Å²) in [6, 6.07) is 35.5. The molecule has 1 atom stereocenters. The van der Waals surface area contributed by atoms with Gasteiger partial charge in [-0.3, -0.25) is 4.79 Å². The summed E-state index contributed by atoms with van der Waals surface area (Å²) >= 11 is 0. The van der Waals surface area contributed by atoms with E-state index in [9.17, 15) is 4.79 Å². The molecule has 32 heavy (non-hydrogen) atoms. The number of fused-ring (bicyclic) bond motifs is 1. The van der Waals surface area contributed by atoms with Crippen LogP contribution in [0.4, 0.5) is 0 Å². The molecule has 1 unspecified atom stereocenters. The summed E-state index contributed by atoms with van der Waals surface area (Å²) in [5.41, 5.74) is 5.55. The van der Waals surface area contributed by atoms with Gasteiger partial charge in [-0.25, -0.2) is 4.98 Å². The number of benzene rings is 4. The van der Waals surface area contributed by atoms with Crippen molar-refractivity contribution in [3.8, 4) is 11.1 Å². The number of amides is 1. The first-order valence-corrected chi connectivity index (χ1v) is 10.7. The molecule has 0 saturated heterocycles. The molecule has 0 aliphatic rings. The number of para-hydroxylation sites is 2. The highest BCUT2D eigenvalue weighted by atomic mass is 16.1. The summed E-state index contributed by atoms with van der Waals surface area (Å²) in [5, 5.41) is 3.24. The molecular formula is C28H23N3O. The van der Waals surface area contributed by atoms with Crippen LogP contribution in [-0.4, -0.2) is 15.9 Å². The van der Waals surface area contributed by atoms with E-state index in [2.05, 4.69) is 22.4 Å². The summed E-state index contributed by atoms with van der Waals surface area (Å²) in [5.74, 6) is 0.631. The zero-order valence-corrected chi connectivity index (χ0v) is 17.5. The van der Waals surface area contributed by atoms with Crippen molar-refractivity contribution in [2.24, 2.45) is 0 Å². The van der Waals surface area contributed by atoms with E-state index < -0.39 is 0 Å². The maximum absolute atomic E-state index is 13.5. The second kappa shape index (κ2) is 8.90. The number of H-pyrrole nitrogens is 1. The minimum atomic E-state index is -0.291. The van der Waals surface area contributed by atoms with Gasteiger partial charge in [0.2, 0.25) is 0 Å². The molecule has 5 rings (SSSR count). The van der Waals surface area contributed by atoms with Crippen LogP contribution in [0.1, 0.15) is 27.8 Å².